The van der Waals surface area contributed by atoms with Gasteiger partial charge in [0, 0.05) is 0 Å². The summed E-state index contributed by atoms with van der Waals surface area (Å²) in [5, 5.41) is 16.1. The van der Waals surface area contributed by atoms with Crippen LogP contribution in [0.15, 0.2) is 0 Å². The van der Waals surface area contributed by atoms with Crippen LogP contribution in [0.4, 0.5) is 0 Å². The van der Waals surface area contributed by atoms with Gasteiger partial charge in [0.1, 0.15) is 0 Å². The van der Waals surface area contributed by atoms with Crippen molar-refractivity contribution in [3.63, 3.8) is 0 Å². The molecule has 7 heteroatoms. The van der Waals surface area contributed by atoms with E-state index in [1.807, 2.05) is 0 Å². The van der Waals surface area contributed by atoms with Gasteiger partial charge in [0.2, 0.25) is 0 Å². The van der Waals surface area contributed by atoms with Gasteiger partial charge in [-0.2, -0.15) is 0 Å². The summed E-state index contributed by atoms with van der Waals surface area (Å²) in [5.74, 6) is -1.77. The first-order valence-electron chi connectivity index (χ1n) is 4.65. The van der Waals surface area contributed by atoms with Crippen molar-refractivity contribution >= 4 is 13.6 Å². The summed E-state index contributed by atoms with van der Waals surface area (Å²) in [4.78, 5) is 28.3. The molecule has 0 saturated carbocycles. The lowest BCUT2D eigenvalue weighted by atomic mass is 10.0. The van der Waals surface area contributed by atoms with E-state index in [0.717, 1.165) is 0 Å². The molecule has 0 heterocycles. The zero-order valence-corrected chi connectivity index (χ0v) is 9.65. The molecule has 0 aromatic carbocycles. The molecule has 0 radical (unpaired) electrons. The predicted octanol–water partition coefficient (Wildman–Crippen LogP) is 0.764. The van der Waals surface area contributed by atoms with E-state index in [1.54, 1.807) is 0 Å². The lowest BCUT2D eigenvalue weighted by molar-refractivity contribution is -0.141. The second-order valence-electron chi connectivity index (χ2n) is 3.66. The highest BCUT2D eigenvalue weighted by Crippen LogP contribution is 2.53. The van der Waals surface area contributed by atoms with Gasteiger partial charge in [-0.1, -0.05) is 13.8 Å². The Labute approximate surface area is 88.1 Å². The maximum atomic E-state index is 11.0. The molecule has 0 aliphatic heterocycles. The molecule has 2 unspecified atom stereocenters. The van der Waals surface area contributed by atoms with Gasteiger partial charge in [-0.15, -0.1) is 0 Å². The Bertz CT molecular complexity index is 272. The third kappa shape index (κ3) is 3.91. The number of carboxylic acids is 1. The smallest absolute Gasteiger partial charge is 0.356 e. The summed E-state index contributed by atoms with van der Waals surface area (Å²) < 4.78 is 11.0. The lowest BCUT2D eigenvalue weighted by Crippen LogP contribution is -2.29. The molecule has 0 bridgehead atoms. The van der Waals surface area contributed by atoms with Gasteiger partial charge in [0.15, 0.2) is 5.34 Å². The van der Waals surface area contributed by atoms with Crippen molar-refractivity contribution in [1.29, 1.82) is 0 Å². The summed E-state index contributed by atoms with van der Waals surface area (Å²) >= 11 is 0. The average molecular weight is 240 g/mol. The van der Waals surface area contributed by atoms with Crippen molar-refractivity contribution in [2.75, 3.05) is 0 Å². The largest absolute Gasteiger partial charge is 0.481 e. The van der Waals surface area contributed by atoms with Gasteiger partial charge in [0.25, 0.3) is 0 Å². The molecule has 0 aliphatic carbocycles. The van der Waals surface area contributed by atoms with E-state index in [2.05, 4.69) is 0 Å². The number of aliphatic hydroxyl groups is 1. The third-order valence-corrected chi connectivity index (χ3v) is 4.13. The fourth-order valence-electron chi connectivity index (χ4n) is 1.10. The Morgan fingerprint density at radius 2 is 1.93 bits per heavy atom. The highest BCUT2D eigenvalue weighted by molar-refractivity contribution is 7.53. The van der Waals surface area contributed by atoms with Gasteiger partial charge >= 0.3 is 13.6 Å². The van der Waals surface area contributed by atoms with E-state index in [4.69, 9.17) is 14.9 Å². The molecule has 2 atom stereocenters. The highest BCUT2D eigenvalue weighted by Gasteiger charge is 2.43. The second kappa shape index (κ2) is 5.07. The Morgan fingerprint density at radius 1 is 1.47 bits per heavy atom. The SMILES string of the molecule is CCC(O)(CCC(C)C(=O)O)P(=O)(O)O. The van der Waals surface area contributed by atoms with E-state index in [9.17, 15) is 14.5 Å². The molecular weight excluding hydrogens is 223 g/mol. The van der Waals surface area contributed by atoms with Crippen LogP contribution in [0.5, 0.6) is 0 Å². The standard InChI is InChI=1S/C8H17O6P/c1-3-8(11,15(12,13)14)5-4-6(2)7(9)10/h6,11H,3-5H2,1-2H3,(H,9,10)(H2,12,13,14). The van der Waals surface area contributed by atoms with Crippen LogP contribution in [0.1, 0.15) is 33.1 Å². The minimum absolute atomic E-state index is 0.0325. The molecule has 0 aliphatic rings. The normalized spacial score (nSPS) is 18.2. The van der Waals surface area contributed by atoms with E-state index < -0.39 is 24.8 Å². The Balaban J connectivity index is 4.48. The molecule has 15 heavy (non-hydrogen) atoms. The molecule has 4 N–H and O–H groups in total. The Hall–Kier alpha value is -0.420. The van der Waals surface area contributed by atoms with Crippen LogP contribution in [0.25, 0.3) is 0 Å². The predicted molar refractivity (Wildman–Crippen MR) is 53.3 cm³/mol. The minimum Gasteiger partial charge on any atom is -0.481 e. The molecule has 0 aromatic rings. The van der Waals surface area contributed by atoms with Crippen LogP contribution < -0.4 is 0 Å². The zero-order chi connectivity index (χ0) is 12.3. The van der Waals surface area contributed by atoms with Gasteiger partial charge in [-0.25, -0.2) is 0 Å². The lowest BCUT2D eigenvalue weighted by Gasteiger charge is -2.28. The number of carbonyl (C=O) groups is 1. The number of hydrogen-bond donors (Lipinski definition) is 4. The van der Waals surface area contributed by atoms with Crippen LogP contribution in [0.3, 0.4) is 0 Å². The van der Waals surface area contributed by atoms with Gasteiger partial charge in [-0.3, -0.25) is 9.36 Å². The molecule has 90 valence electrons. The Morgan fingerprint density at radius 3 is 2.20 bits per heavy atom. The average Bonchev–Trinajstić information content (AvgIpc) is 2.11. The number of carboxylic acid groups (broad SMARTS) is 1. The minimum atomic E-state index is -4.61. The van der Waals surface area contributed by atoms with E-state index >= 15 is 0 Å². The van der Waals surface area contributed by atoms with E-state index in [-0.39, 0.29) is 19.3 Å². The van der Waals surface area contributed by atoms with Crippen molar-refractivity contribution in [3.05, 3.63) is 0 Å². The van der Waals surface area contributed by atoms with Gasteiger partial charge in [0.05, 0.1) is 5.92 Å². The molecule has 0 amide bonds. The molecule has 0 saturated heterocycles. The fraction of sp³-hybridized carbons (Fsp3) is 0.875. The van der Waals surface area contributed by atoms with E-state index in [1.165, 1.54) is 13.8 Å². The van der Waals surface area contributed by atoms with E-state index in [0.29, 0.717) is 0 Å². The fourth-order valence-corrected chi connectivity index (χ4v) is 1.93. The molecule has 6 nitrogen and oxygen atoms in total. The van der Waals surface area contributed by atoms with Crippen LogP contribution in [-0.4, -0.2) is 31.3 Å². The van der Waals surface area contributed by atoms with Gasteiger partial charge < -0.3 is 20.0 Å². The maximum absolute atomic E-state index is 11.0. The summed E-state index contributed by atoms with van der Waals surface area (Å²) in [7, 11) is -4.61. The first-order chi connectivity index (χ1) is 6.64. The third-order valence-electron chi connectivity index (χ3n) is 2.51. The summed E-state index contributed by atoms with van der Waals surface area (Å²) in [6, 6.07) is 0. The maximum Gasteiger partial charge on any atom is 0.356 e. The molecule has 0 spiro atoms. The first kappa shape index (κ1) is 14.6. The molecule has 0 rings (SSSR count). The van der Waals surface area contributed by atoms with Crippen molar-refractivity contribution < 1.29 is 29.4 Å². The van der Waals surface area contributed by atoms with Crippen molar-refractivity contribution in [2.24, 2.45) is 5.92 Å². The van der Waals surface area contributed by atoms with Gasteiger partial charge in [-0.05, 0) is 19.3 Å². The second-order valence-corrected chi connectivity index (χ2v) is 5.58. The first-order valence-corrected chi connectivity index (χ1v) is 6.26. The summed E-state index contributed by atoms with van der Waals surface area (Å²) in [5.41, 5.74) is 0. The Kier molecular flexibility index (Phi) is 4.93. The summed E-state index contributed by atoms with van der Waals surface area (Å²) in [6.45, 7) is 2.88. The monoisotopic (exact) mass is 240 g/mol. The van der Waals surface area contributed by atoms with Crippen molar-refractivity contribution in [1.82, 2.24) is 0 Å². The zero-order valence-electron chi connectivity index (χ0n) is 8.75. The highest BCUT2D eigenvalue weighted by atomic mass is 31.2. The molecule has 0 fully saturated rings. The quantitative estimate of drug-likeness (QED) is 0.509. The van der Waals surface area contributed by atoms with Crippen LogP contribution >= 0.6 is 7.60 Å². The van der Waals surface area contributed by atoms with Crippen LogP contribution in [0, 0.1) is 5.92 Å². The van der Waals surface area contributed by atoms with Crippen LogP contribution in [0.2, 0.25) is 0 Å². The van der Waals surface area contributed by atoms with Crippen LogP contribution in [-0.2, 0) is 9.36 Å². The van der Waals surface area contributed by atoms with Crippen molar-refractivity contribution in [2.45, 2.75) is 38.5 Å². The summed E-state index contributed by atoms with van der Waals surface area (Å²) in [6.07, 6.45) is -0.296. The number of aliphatic carboxylic acids is 1. The molecule has 0 aromatic heterocycles. The number of hydrogen-bond acceptors (Lipinski definition) is 3. The molecular formula is C8H17O6P. The topological polar surface area (TPSA) is 115 Å². The van der Waals surface area contributed by atoms with Crippen molar-refractivity contribution in [3.8, 4) is 0 Å². The number of rotatable bonds is 6.